The van der Waals surface area contributed by atoms with Crippen molar-refractivity contribution >= 4 is 12.0 Å². The van der Waals surface area contributed by atoms with Gasteiger partial charge in [0.1, 0.15) is 0 Å². The molecule has 0 aromatic rings. The predicted molar refractivity (Wildman–Crippen MR) is 61.6 cm³/mol. The first-order valence-corrected chi connectivity index (χ1v) is 5.82. The minimum Gasteiger partial charge on any atom is -0.481 e. The zero-order valence-electron chi connectivity index (χ0n) is 10.2. The number of likely N-dealkylation sites (N-methyl/N-ethyl adjacent to an activating group) is 1. The van der Waals surface area contributed by atoms with E-state index in [0.29, 0.717) is 19.3 Å². The highest BCUT2D eigenvalue weighted by atomic mass is 16.4. The van der Waals surface area contributed by atoms with Crippen molar-refractivity contribution in [2.45, 2.75) is 38.3 Å². The average Bonchev–Trinajstić information content (AvgIpc) is 2.75. The number of hydrogen-bond acceptors (Lipinski definition) is 3. The Balaban J connectivity index is 2.40. The zero-order chi connectivity index (χ0) is 13.0. The van der Waals surface area contributed by atoms with Crippen LogP contribution in [0.5, 0.6) is 0 Å². The largest absolute Gasteiger partial charge is 0.481 e. The lowest BCUT2D eigenvalue weighted by atomic mass is 10.1. The summed E-state index contributed by atoms with van der Waals surface area (Å²) in [6.07, 6.45) is 1.80. The number of aliphatic carboxylic acids is 1. The van der Waals surface area contributed by atoms with Crippen molar-refractivity contribution in [3.8, 4) is 0 Å². The summed E-state index contributed by atoms with van der Waals surface area (Å²) >= 11 is 0. The Labute approximate surface area is 101 Å². The second-order valence-electron chi connectivity index (χ2n) is 4.64. The quantitative estimate of drug-likeness (QED) is 0.661. The van der Waals surface area contributed by atoms with E-state index in [1.54, 1.807) is 14.0 Å². The maximum Gasteiger partial charge on any atom is 0.317 e. The molecule has 98 valence electrons. The van der Waals surface area contributed by atoms with Gasteiger partial charge in [-0.2, -0.15) is 0 Å². The zero-order valence-corrected chi connectivity index (χ0v) is 10.2. The number of nitrogens with one attached hydrogen (secondary N) is 1. The number of aliphatic hydroxyl groups excluding tert-OH is 1. The molecule has 6 nitrogen and oxygen atoms in total. The van der Waals surface area contributed by atoms with Gasteiger partial charge in [0.05, 0.1) is 18.6 Å². The van der Waals surface area contributed by atoms with Crippen LogP contribution < -0.4 is 5.32 Å². The van der Waals surface area contributed by atoms with Crippen LogP contribution in [0.15, 0.2) is 0 Å². The molecule has 3 atom stereocenters. The molecule has 2 amide bonds. The number of carbonyl (C=O) groups is 2. The maximum absolute atomic E-state index is 11.7. The van der Waals surface area contributed by atoms with Crippen molar-refractivity contribution in [2.75, 3.05) is 13.7 Å². The highest BCUT2D eigenvalue weighted by Crippen LogP contribution is 2.25. The normalized spacial score (nSPS) is 25.4. The number of carbonyl (C=O) groups excluding carboxylic acids is 1. The Morgan fingerprint density at radius 3 is 2.59 bits per heavy atom. The second kappa shape index (κ2) is 5.86. The van der Waals surface area contributed by atoms with Crippen LogP contribution in [0, 0.1) is 5.92 Å². The van der Waals surface area contributed by atoms with E-state index in [4.69, 9.17) is 10.2 Å². The van der Waals surface area contributed by atoms with Gasteiger partial charge in [0.25, 0.3) is 0 Å². The van der Waals surface area contributed by atoms with E-state index < -0.39 is 5.97 Å². The van der Waals surface area contributed by atoms with Crippen LogP contribution in [-0.4, -0.2) is 52.9 Å². The van der Waals surface area contributed by atoms with E-state index in [1.807, 2.05) is 0 Å². The Kier molecular flexibility index (Phi) is 4.74. The molecule has 17 heavy (non-hydrogen) atoms. The molecule has 0 heterocycles. The van der Waals surface area contributed by atoms with Gasteiger partial charge in [0.2, 0.25) is 0 Å². The van der Waals surface area contributed by atoms with Gasteiger partial charge in [-0.05, 0) is 26.2 Å². The monoisotopic (exact) mass is 244 g/mol. The summed E-state index contributed by atoms with van der Waals surface area (Å²) in [5.41, 5.74) is 0. The number of carboxylic acid groups (broad SMARTS) is 1. The van der Waals surface area contributed by atoms with Crippen LogP contribution in [-0.2, 0) is 4.79 Å². The fourth-order valence-corrected chi connectivity index (χ4v) is 1.94. The lowest BCUT2D eigenvalue weighted by molar-refractivity contribution is -0.141. The maximum atomic E-state index is 11.7. The van der Waals surface area contributed by atoms with Crippen molar-refractivity contribution in [1.29, 1.82) is 0 Å². The fourth-order valence-electron chi connectivity index (χ4n) is 1.94. The molecular formula is C11H20N2O4. The van der Waals surface area contributed by atoms with E-state index in [1.165, 1.54) is 4.90 Å². The molecule has 0 radical (unpaired) electrons. The topological polar surface area (TPSA) is 89.9 Å². The van der Waals surface area contributed by atoms with E-state index in [9.17, 15) is 9.59 Å². The van der Waals surface area contributed by atoms with Gasteiger partial charge in [0.15, 0.2) is 0 Å². The molecule has 6 heteroatoms. The fraction of sp³-hybridized carbons (Fsp3) is 0.818. The van der Waals surface area contributed by atoms with Gasteiger partial charge < -0.3 is 20.4 Å². The molecule has 0 bridgehead atoms. The van der Waals surface area contributed by atoms with Crippen LogP contribution >= 0.6 is 0 Å². The third-order valence-corrected chi connectivity index (χ3v) is 3.36. The SMILES string of the molecule is CC(CO)N(C)C(=O)NC1CCC(C(=O)O)C1. The van der Waals surface area contributed by atoms with Crippen molar-refractivity contribution in [3.63, 3.8) is 0 Å². The molecule has 0 spiro atoms. The molecule has 3 unspecified atom stereocenters. The second-order valence-corrected chi connectivity index (χ2v) is 4.64. The number of rotatable bonds is 4. The van der Waals surface area contributed by atoms with Crippen LogP contribution in [0.3, 0.4) is 0 Å². The first-order chi connectivity index (χ1) is 7.95. The number of urea groups is 1. The smallest absolute Gasteiger partial charge is 0.317 e. The molecule has 1 aliphatic carbocycles. The van der Waals surface area contributed by atoms with Crippen molar-refractivity contribution in [1.82, 2.24) is 10.2 Å². The predicted octanol–water partition coefficient (Wildman–Crippen LogP) is 0.262. The highest BCUT2D eigenvalue weighted by molar-refractivity contribution is 5.75. The Morgan fingerprint density at radius 2 is 2.12 bits per heavy atom. The van der Waals surface area contributed by atoms with Crippen LogP contribution in [0.4, 0.5) is 4.79 Å². The molecule has 1 rings (SSSR count). The molecule has 1 fully saturated rings. The Hall–Kier alpha value is -1.30. The first kappa shape index (κ1) is 13.8. The molecule has 1 saturated carbocycles. The van der Waals surface area contributed by atoms with Crippen LogP contribution in [0.25, 0.3) is 0 Å². The number of hydrogen-bond donors (Lipinski definition) is 3. The van der Waals surface area contributed by atoms with Crippen molar-refractivity contribution in [3.05, 3.63) is 0 Å². The van der Waals surface area contributed by atoms with Crippen LogP contribution in [0.2, 0.25) is 0 Å². The number of carboxylic acids is 1. The van der Waals surface area contributed by atoms with Gasteiger partial charge in [-0.25, -0.2) is 4.79 Å². The van der Waals surface area contributed by atoms with Gasteiger partial charge in [0, 0.05) is 13.1 Å². The van der Waals surface area contributed by atoms with Gasteiger partial charge in [-0.15, -0.1) is 0 Å². The van der Waals surface area contributed by atoms with Gasteiger partial charge >= 0.3 is 12.0 Å². The third kappa shape index (κ3) is 3.59. The average molecular weight is 244 g/mol. The molecule has 0 saturated heterocycles. The molecule has 0 aromatic carbocycles. The van der Waals surface area contributed by atoms with E-state index in [2.05, 4.69) is 5.32 Å². The molecule has 0 aliphatic heterocycles. The summed E-state index contributed by atoms with van der Waals surface area (Å²) in [6.45, 7) is 1.65. The number of amides is 2. The summed E-state index contributed by atoms with van der Waals surface area (Å²) in [7, 11) is 1.61. The first-order valence-electron chi connectivity index (χ1n) is 5.82. The summed E-state index contributed by atoms with van der Waals surface area (Å²) in [6, 6.07) is -0.578. The molecule has 1 aliphatic rings. The van der Waals surface area contributed by atoms with Crippen molar-refractivity contribution in [2.24, 2.45) is 5.92 Å². The van der Waals surface area contributed by atoms with Gasteiger partial charge in [-0.3, -0.25) is 4.79 Å². The lowest BCUT2D eigenvalue weighted by Crippen LogP contribution is -2.47. The summed E-state index contributed by atoms with van der Waals surface area (Å²) in [4.78, 5) is 23.9. The number of aliphatic hydroxyl groups is 1. The molecule has 0 aromatic heterocycles. The lowest BCUT2D eigenvalue weighted by Gasteiger charge is -2.25. The summed E-state index contributed by atoms with van der Waals surface area (Å²) in [5.74, 6) is -1.14. The van der Waals surface area contributed by atoms with E-state index >= 15 is 0 Å². The third-order valence-electron chi connectivity index (χ3n) is 3.36. The van der Waals surface area contributed by atoms with Crippen molar-refractivity contribution < 1.29 is 19.8 Å². The van der Waals surface area contributed by atoms with Gasteiger partial charge in [-0.1, -0.05) is 0 Å². The van der Waals surface area contributed by atoms with E-state index in [0.717, 1.165) is 0 Å². The highest BCUT2D eigenvalue weighted by Gasteiger charge is 2.31. The van der Waals surface area contributed by atoms with E-state index in [-0.39, 0.29) is 30.6 Å². The standard InChI is InChI=1S/C11H20N2O4/c1-7(6-14)13(2)11(17)12-9-4-3-8(5-9)10(15)16/h7-9,14H,3-6H2,1-2H3,(H,12,17)(H,15,16). The molecular weight excluding hydrogens is 224 g/mol. The summed E-state index contributed by atoms with van der Waals surface area (Å²) < 4.78 is 0. The minimum atomic E-state index is -0.793. The Morgan fingerprint density at radius 1 is 1.47 bits per heavy atom. The summed E-state index contributed by atoms with van der Waals surface area (Å²) in [5, 5.41) is 20.6. The molecule has 3 N–H and O–H groups in total. The van der Waals surface area contributed by atoms with Crippen LogP contribution in [0.1, 0.15) is 26.2 Å². The number of nitrogens with zero attached hydrogens (tertiary/aromatic N) is 1. The Bertz CT molecular complexity index is 295. The minimum absolute atomic E-state index is 0.0723.